The summed E-state index contributed by atoms with van der Waals surface area (Å²) in [5.41, 5.74) is 2.85. The van der Waals surface area contributed by atoms with E-state index in [1.54, 1.807) is 17.0 Å². The van der Waals surface area contributed by atoms with Crippen molar-refractivity contribution in [2.75, 3.05) is 23.4 Å². The van der Waals surface area contributed by atoms with Gasteiger partial charge in [-0.2, -0.15) is 0 Å². The number of benzene rings is 2. The van der Waals surface area contributed by atoms with Crippen molar-refractivity contribution >= 4 is 44.2 Å². The van der Waals surface area contributed by atoms with Gasteiger partial charge in [-0.3, -0.25) is 14.9 Å². The van der Waals surface area contributed by atoms with Crippen LogP contribution in [-0.2, 0) is 9.59 Å². The third-order valence-electron chi connectivity index (χ3n) is 4.46. The topological polar surface area (TPSA) is 71.5 Å². The SMILES string of the molecule is Cc1cccc2sc(NC(=O)COc3ccc(N4CCCC4=O)cc3)nc12. The minimum Gasteiger partial charge on any atom is -0.484 e. The molecule has 1 N–H and O–H groups in total. The van der Waals surface area contributed by atoms with E-state index in [1.165, 1.54) is 11.3 Å². The van der Waals surface area contributed by atoms with Gasteiger partial charge in [0.05, 0.1) is 10.2 Å². The number of amides is 2. The monoisotopic (exact) mass is 381 g/mol. The number of carbonyl (C=O) groups excluding carboxylic acids is 2. The fourth-order valence-corrected chi connectivity index (χ4v) is 4.05. The average molecular weight is 381 g/mol. The van der Waals surface area contributed by atoms with Crippen molar-refractivity contribution in [3.8, 4) is 5.75 Å². The highest BCUT2D eigenvalue weighted by Gasteiger charge is 2.21. The van der Waals surface area contributed by atoms with Crippen molar-refractivity contribution in [3.05, 3.63) is 48.0 Å². The van der Waals surface area contributed by atoms with E-state index in [9.17, 15) is 9.59 Å². The van der Waals surface area contributed by atoms with Gasteiger partial charge < -0.3 is 9.64 Å². The van der Waals surface area contributed by atoms with E-state index in [2.05, 4.69) is 10.3 Å². The number of fused-ring (bicyclic) bond motifs is 1. The van der Waals surface area contributed by atoms with Gasteiger partial charge in [-0.05, 0) is 49.2 Å². The standard InChI is InChI=1S/C20H19N3O3S/c1-13-4-2-5-16-19(13)22-20(27-16)21-17(24)12-26-15-9-7-14(8-10-15)23-11-3-6-18(23)25/h2,4-5,7-10H,3,6,11-12H2,1H3,(H,21,22,24). The fourth-order valence-electron chi connectivity index (χ4n) is 3.09. The first kappa shape index (κ1) is 17.5. The number of hydrogen-bond acceptors (Lipinski definition) is 5. The van der Waals surface area contributed by atoms with Gasteiger partial charge in [0, 0.05) is 18.7 Å². The van der Waals surface area contributed by atoms with Crippen LogP contribution < -0.4 is 15.0 Å². The summed E-state index contributed by atoms with van der Waals surface area (Å²) in [6.07, 6.45) is 1.49. The van der Waals surface area contributed by atoms with E-state index in [0.29, 0.717) is 17.3 Å². The molecule has 138 valence electrons. The van der Waals surface area contributed by atoms with Crippen LogP contribution in [-0.4, -0.2) is 29.9 Å². The summed E-state index contributed by atoms with van der Waals surface area (Å²) < 4.78 is 6.58. The number of anilines is 2. The largest absolute Gasteiger partial charge is 0.484 e. The lowest BCUT2D eigenvalue weighted by atomic mass is 10.2. The molecule has 1 saturated heterocycles. The lowest BCUT2D eigenvalue weighted by Crippen LogP contribution is -2.23. The molecule has 0 aliphatic carbocycles. The van der Waals surface area contributed by atoms with Crippen molar-refractivity contribution in [2.24, 2.45) is 0 Å². The number of thiazole rings is 1. The van der Waals surface area contributed by atoms with Crippen LogP contribution in [0.4, 0.5) is 10.8 Å². The molecule has 0 spiro atoms. The number of ether oxygens (including phenoxy) is 1. The first-order chi connectivity index (χ1) is 13.1. The maximum atomic E-state index is 12.1. The van der Waals surface area contributed by atoms with Crippen molar-refractivity contribution in [2.45, 2.75) is 19.8 Å². The molecule has 1 fully saturated rings. The Morgan fingerprint density at radius 2 is 2.07 bits per heavy atom. The summed E-state index contributed by atoms with van der Waals surface area (Å²) in [4.78, 5) is 30.1. The second-order valence-electron chi connectivity index (χ2n) is 6.42. The molecule has 1 aliphatic rings. The summed E-state index contributed by atoms with van der Waals surface area (Å²) >= 11 is 1.44. The van der Waals surface area contributed by atoms with E-state index in [-0.39, 0.29) is 18.4 Å². The quantitative estimate of drug-likeness (QED) is 0.731. The molecule has 2 aromatic carbocycles. The van der Waals surface area contributed by atoms with E-state index in [1.807, 2.05) is 37.3 Å². The van der Waals surface area contributed by atoms with Crippen LogP contribution in [0.15, 0.2) is 42.5 Å². The zero-order valence-corrected chi connectivity index (χ0v) is 15.7. The highest BCUT2D eigenvalue weighted by molar-refractivity contribution is 7.22. The van der Waals surface area contributed by atoms with Gasteiger partial charge in [0.15, 0.2) is 11.7 Å². The van der Waals surface area contributed by atoms with Crippen LogP contribution in [0, 0.1) is 6.92 Å². The van der Waals surface area contributed by atoms with Gasteiger partial charge >= 0.3 is 0 Å². The minimum absolute atomic E-state index is 0.100. The van der Waals surface area contributed by atoms with Gasteiger partial charge in [-0.25, -0.2) is 4.98 Å². The Labute approximate surface area is 160 Å². The van der Waals surface area contributed by atoms with E-state index < -0.39 is 0 Å². The molecule has 0 unspecified atom stereocenters. The molecular weight excluding hydrogens is 362 g/mol. The molecule has 3 aromatic rings. The lowest BCUT2D eigenvalue weighted by molar-refractivity contribution is -0.118. The molecule has 27 heavy (non-hydrogen) atoms. The van der Waals surface area contributed by atoms with Gasteiger partial charge in [-0.1, -0.05) is 23.5 Å². The summed E-state index contributed by atoms with van der Waals surface area (Å²) in [5.74, 6) is 0.473. The molecule has 0 saturated carbocycles. The van der Waals surface area contributed by atoms with Crippen molar-refractivity contribution < 1.29 is 14.3 Å². The van der Waals surface area contributed by atoms with E-state index in [4.69, 9.17) is 4.74 Å². The number of nitrogens with one attached hydrogen (secondary N) is 1. The molecule has 6 nitrogen and oxygen atoms in total. The smallest absolute Gasteiger partial charge is 0.264 e. The summed E-state index contributed by atoms with van der Waals surface area (Å²) in [7, 11) is 0. The third-order valence-corrected chi connectivity index (χ3v) is 5.39. The number of nitrogens with zero attached hydrogens (tertiary/aromatic N) is 2. The second kappa shape index (κ2) is 7.36. The molecule has 1 aliphatic heterocycles. The Kier molecular flexibility index (Phi) is 4.77. The highest BCUT2D eigenvalue weighted by atomic mass is 32.1. The van der Waals surface area contributed by atoms with Crippen LogP contribution in [0.2, 0.25) is 0 Å². The molecule has 4 rings (SSSR count). The number of aromatic nitrogens is 1. The Bertz CT molecular complexity index is 997. The summed E-state index contributed by atoms with van der Waals surface area (Å²) in [6, 6.07) is 13.2. The Hall–Kier alpha value is -2.93. The second-order valence-corrected chi connectivity index (χ2v) is 7.45. The summed E-state index contributed by atoms with van der Waals surface area (Å²) in [6.45, 7) is 2.65. The number of rotatable bonds is 5. The maximum absolute atomic E-state index is 12.1. The maximum Gasteiger partial charge on any atom is 0.264 e. The van der Waals surface area contributed by atoms with Crippen LogP contribution in [0.5, 0.6) is 5.75 Å². The predicted molar refractivity (Wildman–Crippen MR) is 107 cm³/mol. The van der Waals surface area contributed by atoms with Gasteiger partial charge in [-0.15, -0.1) is 0 Å². The van der Waals surface area contributed by atoms with Crippen molar-refractivity contribution in [1.29, 1.82) is 0 Å². The average Bonchev–Trinajstić information content (AvgIpc) is 3.27. The number of aryl methyl sites for hydroxylation is 1. The van der Waals surface area contributed by atoms with E-state index in [0.717, 1.165) is 34.4 Å². The molecule has 0 atom stereocenters. The zero-order valence-electron chi connectivity index (χ0n) is 14.9. The van der Waals surface area contributed by atoms with Crippen LogP contribution in [0.3, 0.4) is 0 Å². The van der Waals surface area contributed by atoms with Crippen LogP contribution in [0.25, 0.3) is 10.2 Å². The first-order valence-electron chi connectivity index (χ1n) is 8.79. The van der Waals surface area contributed by atoms with Crippen molar-refractivity contribution in [3.63, 3.8) is 0 Å². The number of carbonyl (C=O) groups is 2. The number of para-hydroxylation sites is 1. The lowest BCUT2D eigenvalue weighted by Gasteiger charge is -2.16. The molecule has 0 radical (unpaired) electrons. The predicted octanol–water partition coefficient (Wildman–Crippen LogP) is 3.75. The minimum atomic E-state index is -0.259. The normalized spacial score (nSPS) is 14.0. The van der Waals surface area contributed by atoms with Crippen molar-refractivity contribution in [1.82, 2.24) is 4.98 Å². The molecule has 2 heterocycles. The van der Waals surface area contributed by atoms with Crippen LogP contribution in [0.1, 0.15) is 18.4 Å². The molecule has 2 amide bonds. The van der Waals surface area contributed by atoms with Crippen LogP contribution >= 0.6 is 11.3 Å². The zero-order chi connectivity index (χ0) is 18.8. The molecular formula is C20H19N3O3S. The van der Waals surface area contributed by atoms with Gasteiger partial charge in [0.1, 0.15) is 5.75 Å². The third kappa shape index (κ3) is 3.78. The molecule has 1 aromatic heterocycles. The molecule has 0 bridgehead atoms. The van der Waals surface area contributed by atoms with Gasteiger partial charge in [0.2, 0.25) is 5.91 Å². The number of hydrogen-bond donors (Lipinski definition) is 1. The summed E-state index contributed by atoms with van der Waals surface area (Å²) in [5, 5.41) is 3.35. The Morgan fingerprint density at radius 3 is 2.78 bits per heavy atom. The van der Waals surface area contributed by atoms with Gasteiger partial charge in [0.25, 0.3) is 5.91 Å². The first-order valence-corrected chi connectivity index (χ1v) is 9.61. The fraction of sp³-hybridized carbons (Fsp3) is 0.250. The highest BCUT2D eigenvalue weighted by Crippen LogP contribution is 2.28. The Morgan fingerprint density at radius 1 is 1.26 bits per heavy atom. The molecule has 7 heteroatoms. The van der Waals surface area contributed by atoms with E-state index >= 15 is 0 Å². The Balaban J connectivity index is 1.34.